The number of hydrogen-bond acceptors (Lipinski definition) is 10. The van der Waals surface area contributed by atoms with Crippen LogP contribution < -0.4 is 10.6 Å². The largest absolute Gasteiger partial charge is 0.478 e. The molecule has 0 aliphatic heterocycles. The van der Waals surface area contributed by atoms with E-state index in [0.717, 1.165) is 84.9 Å². The summed E-state index contributed by atoms with van der Waals surface area (Å²) in [6.07, 6.45) is 0. The van der Waals surface area contributed by atoms with E-state index in [9.17, 15) is 58.0 Å². The first kappa shape index (κ1) is 31.4. The van der Waals surface area contributed by atoms with E-state index in [-0.39, 0.29) is 32.3 Å². The van der Waals surface area contributed by atoms with E-state index in [1.165, 1.54) is 0 Å². The number of anilines is 2. The first-order valence-electron chi connectivity index (χ1n) is 12.3. The predicted molar refractivity (Wildman–Crippen MR) is 154 cm³/mol. The smallest absolute Gasteiger partial charge is 0.337 e. The zero-order valence-corrected chi connectivity index (χ0v) is 23.2. The summed E-state index contributed by atoms with van der Waals surface area (Å²) in [4.78, 5) is 68.4. The average Bonchev–Trinajstić information content (AvgIpc) is 3.00. The zero-order valence-electron chi connectivity index (χ0n) is 22.4. The van der Waals surface area contributed by atoms with Gasteiger partial charge in [-0.1, -0.05) is 0 Å². The van der Waals surface area contributed by atoms with E-state index in [2.05, 4.69) is 10.6 Å². The molecule has 45 heavy (non-hydrogen) atoms. The van der Waals surface area contributed by atoms with Gasteiger partial charge in [0.1, 0.15) is 0 Å². The minimum absolute atomic E-state index is 0.0920. The molecule has 0 saturated heterocycles. The van der Waals surface area contributed by atoms with Crippen LogP contribution in [0.3, 0.4) is 0 Å². The molecule has 0 unspecified atom stereocenters. The van der Waals surface area contributed by atoms with Crippen LogP contribution in [0, 0.1) is 20.2 Å². The van der Waals surface area contributed by atoms with Gasteiger partial charge >= 0.3 is 11.9 Å². The van der Waals surface area contributed by atoms with Crippen molar-refractivity contribution in [3.63, 3.8) is 0 Å². The molecule has 0 aromatic heterocycles. The standard InChI is InChI=1S/C28H18N4O12S/c33-25(29-23-13-17(31(39)40)5-11-21(23)27(35)36)15-1-7-19(8-2-15)45(43,44)20-9-3-16(4-10-20)26(34)30-24-14-18(32(41)42)6-12-22(24)28(37)38/h1-14H,(H,29,33)(H,30,34)(H,35,36)(H,37,38). The molecule has 228 valence electrons. The maximum Gasteiger partial charge on any atom is 0.337 e. The molecule has 0 saturated carbocycles. The number of carbonyl (C=O) groups is 4. The van der Waals surface area contributed by atoms with Gasteiger partial charge < -0.3 is 20.8 Å². The Balaban J connectivity index is 1.52. The molecule has 0 aliphatic carbocycles. The third kappa shape index (κ3) is 6.78. The molecular formula is C28H18N4O12S. The van der Waals surface area contributed by atoms with Crippen molar-refractivity contribution in [2.45, 2.75) is 9.79 Å². The van der Waals surface area contributed by atoms with Gasteiger partial charge in [-0.15, -0.1) is 0 Å². The SMILES string of the molecule is O=C(Nc1cc([N+](=O)[O-])ccc1C(=O)O)c1ccc(S(=O)(=O)c2ccc(C(=O)Nc3cc([N+](=O)[O-])ccc3C(=O)O)cc2)cc1. The Labute approximate surface area is 251 Å². The van der Waals surface area contributed by atoms with Crippen molar-refractivity contribution in [1.29, 1.82) is 0 Å². The number of carboxylic acid groups (broad SMARTS) is 2. The Bertz CT molecular complexity index is 1870. The Morgan fingerprint density at radius 1 is 0.578 bits per heavy atom. The van der Waals surface area contributed by atoms with Crippen molar-refractivity contribution < 1.29 is 47.7 Å². The molecule has 4 rings (SSSR count). The molecule has 0 aliphatic rings. The minimum Gasteiger partial charge on any atom is -0.478 e. The fourth-order valence-corrected chi connectivity index (χ4v) is 5.23. The summed E-state index contributed by atoms with van der Waals surface area (Å²) in [5.41, 5.74) is -2.60. The third-order valence-corrected chi connectivity index (χ3v) is 8.02. The topological polar surface area (TPSA) is 253 Å². The van der Waals surface area contributed by atoms with Crippen molar-refractivity contribution >= 4 is 56.3 Å². The summed E-state index contributed by atoms with van der Waals surface area (Å²) in [5, 5.41) is 45.3. The predicted octanol–water partition coefficient (Wildman–Crippen LogP) is 4.24. The first-order valence-corrected chi connectivity index (χ1v) is 13.8. The van der Waals surface area contributed by atoms with E-state index in [4.69, 9.17) is 0 Å². The van der Waals surface area contributed by atoms with Crippen molar-refractivity contribution in [2.75, 3.05) is 10.6 Å². The number of carboxylic acids is 2. The van der Waals surface area contributed by atoms with Gasteiger partial charge in [0.15, 0.2) is 0 Å². The van der Waals surface area contributed by atoms with E-state index in [1.54, 1.807) is 0 Å². The number of nitrogens with zero attached hydrogens (tertiary/aromatic N) is 2. The van der Waals surface area contributed by atoms with Crippen LogP contribution in [0.1, 0.15) is 41.4 Å². The second kappa shape index (κ2) is 12.4. The fraction of sp³-hybridized carbons (Fsp3) is 0. The van der Waals surface area contributed by atoms with Crippen LogP contribution in [0.25, 0.3) is 0 Å². The van der Waals surface area contributed by atoms with Crippen LogP contribution in [0.2, 0.25) is 0 Å². The lowest BCUT2D eigenvalue weighted by atomic mass is 10.1. The summed E-state index contributed by atoms with van der Waals surface area (Å²) in [6, 6.07) is 14.6. The van der Waals surface area contributed by atoms with Gasteiger partial charge in [0.05, 0.1) is 42.1 Å². The Hall–Kier alpha value is -6.49. The molecule has 16 nitrogen and oxygen atoms in total. The maximum absolute atomic E-state index is 13.2. The number of nitro benzene ring substituents is 2. The number of benzene rings is 4. The molecule has 4 N–H and O–H groups in total. The quantitative estimate of drug-likeness (QED) is 0.141. The summed E-state index contributed by atoms with van der Waals surface area (Å²) < 4.78 is 26.3. The highest BCUT2D eigenvalue weighted by atomic mass is 32.2. The molecule has 2 amide bonds. The number of nitrogens with one attached hydrogen (secondary N) is 2. The monoisotopic (exact) mass is 634 g/mol. The molecule has 4 aromatic rings. The minimum atomic E-state index is -4.18. The first-order chi connectivity index (χ1) is 21.2. The third-order valence-electron chi connectivity index (χ3n) is 6.24. The lowest BCUT2D eigenvalue weighted by Crippen LogP contribution is -2.15. The van der Waals surface area contributed by atoms with Gasteiger partial charge in [0, 0.05) is 35.4 Å². The zero-order chi connectivity index (χ0) is 33.1. The molecule has 0 heterocycles. The van der Waals surface area contributed by atoms with Crippen molar-refractivity contribution in [3.05, 3.63) is 127 Å². The number of sulfone groups is 1. The second-order valence-corrected chi connectivity index (χ2v) is 11.0. The summed E-state index contributed by atoms with van der Waals surface area (Å²) in [5.74, 6) is -4.63. The summed E-state index contributed by atoms with van der Waals surface area (Å²) in [7, 11) is -4.18. The maximum atomic E-state index is 13.2. The van der Waals surface area contributed by atoms with Gasteiger partial charge in [0.2, 0.25) is 9.84 Å². The number of hydrogen-bond donors (Lipinski definition) is 4. The van der Waals surface area contributed by atoms with Gasteiger partial charge in [-0.25, -0.2) is 18.0 Å². The average molecular weight is 635 g/mol. The van der Waals surface area contributed by atoms with Crippen LogP contribution in [0.15, 0.2) is 94.7 Å². The van der Waals surface area contributed by atoms with E-state index < -0.39 is 65.9 Å². The second-order valence-electron chi connectivity index (χ2n) is 9.04. The molecular weight excluding hydrogens is 616 g/mol. The highest BCUT2D eigenvalue weighted by molar-refractivity contribution is 7.91. The summed E-state index contributed by atoms with van der Waals surface area (Å²) in [6.45, 7) is 0. The Morgan fingerprint density at radius 3 is 1.20 bits per heavy atom. The Morgan fingerprint density at radius 2 is 0.911 bits per heavy atom. The van der Waals surface area contributed by atoms with Crippen LogP contribution in [0.5, 0.6) is 0 Å². The van der Waals surface area contributed by atoms with Crippen LogP contribution in [0.4, 0.5) is 22.7 Å². The van der Waals surface area contributed by atoms with E-state index in [0.29, 0.717) is 0 Å². The normalized spacial score (nSPS) is 10.8. The van der Waals surface area contributed by atoms with Crippen LogP contribution in [-0.4, -0.2) is 52.2 Å². The molecule has 4 aromatic carbocycles. The van der Waals surface area contributed by atoms with Gasteiger partial charge in [-0.05, 0) is 60.7 Å². The molecule has 0 bridgehead atoms. The van der Waals surface area contributed by atoms with Crippen LogP contribution in [-0.2, 0) is 9.84 Å². The van der Waals surface area contributed by atoms with Crippen molar-refractivity contribution in [2.24, 2.45) is 0 Å². The molecule has 0 radical (unpaired) electrons. The lowest BCUT2D eigenvalue weighted by Gasteiger charge is -2.10. The number of aromatic carboxylic acids is 2. The van der Waals surface area contributed by atoms with E-state index in [1.807, 2.05) is 0 Å². The number of carbonyl (C=O) groups excluding carboxylic acids is 2. The molecule has 17 heteroatoms. The van der Waals surface area contributed by atoms with Crippen molar-refractivity contribution in [1.82, 2.24) is 0 Å². The van der Waals surface area contributed by atoms with Gasteiger partial charge in [0.25, 0.3) is 23.2 Å². The highest BCUT2D eigenvalue weighted by Gasteiger charge is 2.22. The number of nitro groups is 2. The van der Waals surface area contributed by atoms with Crippen molar-refractivity contribution in [3.8, 4) is 0 Å². The molecule has 0 spiro atoms. The summed E-state index contributed by atoms with van der Waals surface area (Å²) >= 11 is 0. The fourth-order valence-electron chi connectivity index (χ4n) is 3.97. The number of amides is 2. The molecule has 0 fully saturated rings. The van der Waals surface area contributed by atoms with Gasteiger partial charge in [-0.3, -0.25) is 29.8 Å². The Kier molecular flexibility index (Phi) is 8.66. The number of non-ortho nitro benzene ring substituents is 2. The van der Waals surface area contributed by atoms with Gasteiger partial charge in [-0.2, -0.15) is 0 Å². The van der Waals surface area contributed by atoms with E-state index >= 15 is 0 Å². The molecule has 0 atom stereocenters. The lowest BCUT2D eigenvalue weighted by molar-refractivity contribution is -0.385. The number of rotatable bonds is 10. The van der Waals surface area contributed by atoms with Crippen LogP contribution >= 0.6 is 0 Å². The highest BCUT2D eigenvalue weighted by Crippen LogP contribution is 2.26.